The third-order valence-corrected chi connectivity index (χ3v) is 6.71. The van der Waals surface area contributed by atoms with Crippen molar-refractivity contribution in [2.45, 2.75) is 45.0 Å². The summed E-state index contributed by atoms with van der Waals surface area (Å²) in [6.45, 7) is 3.45. The molecule has 5 atom stereocenters. The van der Waals surface area contributed by atoms with Gasteiger partial charge in [-0.3, -0.25) is 10.2 Å². The molecular weight excluding hydrogens is 382 g/mol. The van der Waals surface area contributed by atoms with Crippen LogP contribution in [0, 0.1) is 62.1 Å². The van der Waals surface area contributed by atoms with Gasteiger partial charge in [0.15, 0.2) is 5.41 Å². The number of nitrogens with zero attached hydrogens (tertiary/aromatic N) is 3. The molecule has 1 aliphatic carbocycles. The molecule has 4 rings (SSSR count). The molecule has 8 heteroatoms. The van der Waals surface area contributed by atoms with E-state index >= 15 is 0 Å². The molecule has 2 bridgehead atoms. The molecule has 30 heavy (non-hydrogen) atoms. The number of ether oxygens (including phenoxy) is 2. The second-order valence-electron chi connectivity index (χ2n) is 8.43. The average Bonchev–Trinajstić information content (AvgIpc) is 2.92. The van der Waals surface area contributed by atoms with E-state index in [-0.39, 0.29) is 17.7 Å². The lowest BCUT2D eigenvalue weighted by Gasteiger charge is -2.52. The van der Waals surface area contributed by atoms with Gasteiger partial charge in [0.25, 0.3) is 0 Å². The summed E-state index contributed by atoms with van der Waals surface area (Å²) >= 11 is 0. The molecule has 5 unspecified atom stereocenters. The quantitative estimate of drug-likeness (QED) is 0.774. The van der Waals surface area contributed by atoms with Crippen LogP contribution in [0.1, 0.15) is 44.8 Å². The van der Waals surface area contributed by atoms with Gasteiger partial charge in [-0.05, 0) is 36.5 Å². The molecular formula is C22H21N5O3. The van der Waals surface area contributed by atoms with E-state index < -0.39 is 28.6 Å². The minimum absolute atomic E-state index is 0.221. The molecule has 8 nitrogen and oxygen atoms in total. The van der Waals surface area contributed by atoms with Gasteiger partial charge in [-0.15, -0.1) is 0 Å². The molecule has 1 aromatic rings. The number of nitriles is 3. The molecule has 0 radical (unpaired) electrons. The van der Waals surface area contributed by atoms with Gasteiger partial charge in [-0.25, -0.2) is 0 Å². The van der Waals surface area contributed by atoms with Crippen LogP contribution in [-0.2, 0) is 14.3 Å². The first-order valence-electron chi connectivity index (χ1n) is 9.85. The molecule has 2 saturated heterocycles. The van der Waals surface area contributed by atoms with Crippen LogP contribution in [0.3, 0.4) is 0 Å². The lowest BCUT2D eigenvalue weighted by Crippen LogP contribution is -2.60. The Morgan fingerprint density at radius 3 is 2.43 bits per heavy atom. The van der Waals surface area contributed by atoms with Crippen LogP contribution in [-0.4, -0.2) is 17.6 Å². The van der Waals surface area contributed by atoms with Crippen LogP contribution >= 0.6 is 0 Å². The van der Waals surface area contributed by atoms with Gasteiger partial charge < -0.3 is 14.8 Å². The highest BCUT2D eigenvalue weighted by Gasteiger charge is 2.80. The zero-order valence-corrected chi connectivity index (χ0v) is 16.7. The van der Waals surface area contributed by atoms with E-state index in [1.54, 1.807) is 24.3 Å². The maximum absolute atomic E-state index is 11.3. The second-order valence-corrected chi connectivity index (χ2v) is 8.43. The summed E-state index contributed by atoms with van der Waals surface area (Å²) in [6.07, 6.45) is 0.741. The van der Waals surface area contributed by atoms with Crippen molar-refractivity contribution in [1.82, 2.24) is 0 Å². The Labute approximate surface area is 174 Å². The number of hydrogen-bond acceptors (Lipinski definition) is 7. The van der Waals surface area contributed by atoms with Crippen LogP contribution in [0.4, 0.5) is 5.69 Å². The van der Waals surface area contributed by atoms with Crippen molar-refractivity contribution in [1.29, 1.82) is 21.2 Å². The summed E-state index contributed by atoms with van der Waals surface area (Å²) < 4.78 is 12.3. The number of rotatable bonds is 2. The highest BCUT2D eigenvalue weighted by atomic mass is 16.7. The SMILES string of the molecule is CC(=O)Nc1ccc(C2OC34CCC(C)CC3C(C#N)(C(=N)O4)C2(C#N)C#N)cc1. The molecule has 0 aromatic heterocycles. The van der Waals surface area contributed by atoms with Crippen molar-refractivity contribution in [3.63, 3.8) is 0 Å². The van der Waals surface area contributed by atoms with Gasteiger partial charge in [0.05, 0.1) is 24.1 Å². The molecule has 3 aliphatic rings. The summed E-state index contributed by atoms with van der Waals surface area (Å²) in [6, 6.07) is 12.9. The van der Waals surface area contributed by atoms with E-state index in [2.05, 4.69) is 23.5 Å². The third kappa shape index (κ3) is 2.33. The van der Waals surface area contributed by atoms with Gasteiger partial charge in [-0.1, -0.05) is 19.1 Å². The summed E-state index contributed by atoms with van der Waals surface area (Å²) in [5, 5.41) is 41.9. The summed E-state index contributed by atoms with van der Waals surface area (Å²) in [4.78, 5) is 11.3. The Bertz CT molecular complexity index is 1030. The highest BCUT2D eigenvalue weighted by Crippen LogP contribution is 2.69. The van der Waals surface area contributed by atoms with E-state index in [9.17, 15) is 20.6 Å². The smallest absolute Gasteiger partial charge is 0.221 e. The lowest BCUT2D eigenvalue weighted by molar-refractivity contribution is -0.298. The van der Waals surface area contributed by atoms with E-state index in [0.717, 1.165) is 6.42 Å². The zero-order chi connectivity index (χ0) is 21.7. The molecule has 1 aromatic carbocycles. The van der Waals surface area contributed by atoms with Crippen molar-refractivity contribution in [2.24, 2.45) is 22.7 Å². The van der Waals surface area contributed by atoms with Crippen LogP contribution < -0.4 is 5.32 Å². The fourth-order valence-electron chi connectivity index (χ4n) is 5.27. The standard InChI is InChI=1S/C22H21N5O3/c1-13-7-8-22-17(9-13)21(12-25,19(26)30-22)20(10-23,11-24)18(29-22)15-3-5-16(6-4-15)27-14(2)28/h3-6,13,17-18,26H,7-9H2,1-2H3,(H,27,28). The monoisotopic (exact) mass is 403 g/mol. The number of anilines is 1. The van der Waals surface area contributed by atoms with Gasteiger partial charge in [0.1, 0.15) is 6.10 Å². The predicted octanol–water partition coefficient (Wildman–Crippen LogP) is 3.40. The van der Waals surface area contributed by atoms with Crippen molar-refractivity contribution in [3.8, 4) is 18.2 Å². The van der Waals surface area contributed by atoms with E-state index in [0.29, 0.717) is 24.1 Å². The van der Waals surface area contributed by atoms with Crippen LogP contribution in [0.15, 0.2) is 24.3 Å². The third-order valence-electron chi connectivity index (χ3n) is 6.71. The maximum atomic E-state index is 11.3. The molecule has 152 valence electrons. The van der Waals surface area contributed by atoms with Crippen molar-refractivity contribution in [3.05, 3.63) is 29.8 Å². The number of nitrogens with one attached hydrogen (secondary N) is 2. The Hall–Kier alpha value is -3.41. The first-order chi connectivity index (χ1) is 14.3. The summed E-state index contributed by atoms with van der Waals surface area (Å²) in [5.41, 5.74) is -2.59. The molecule has 2 aliphatic heterocycles. The van der Waals surface area contributed by atoms with Crippen LogP contribution in [0.25, 0.3) is 0 Å². The Balaban J connectivity index is 1.88. The second kappa shape index (κ2) is 6.55. The molecule has 3 fully saturated rings. The lowest BCUT2D eigenvalue weighted by atomic mass is 9.50. The number of carbonyl (C=O) groups excluding carboxylic acids is 1. The molecule has 0 spiro atoms. The minimum atomic E-state index is -1.95. The summed E-state index contributed by atoms with van der Waals surface area (Å²) in [5.74, 6) is -2.08. The number of hydrogen-bond donors (Lipinski definition) is 2. The first kappa shape index (κ1) is 19.9. The van der Waals surface area contributed by atoms with Crippen molar-refractivity contribution >= 4 is 17.5 Å². The normalized spacial score (nSPS) is 35.7. The zero-order valence-electron chi connectivity index (χ0n) is 16.7. The first-order valence-corrected chi connectivity index (χ1v) is 9.85. The van der Waals surface area contributed by atoms with E-state index in [1.807, 2.05) is 6.92 Å². The van der Waals surface area contributed by atoms with E-state index in [4.69, 9.17) is 14.9 Å². The molecule has 2 heterocycles. The van der Waals surface area contributed by atoms with Gasteiger partial charge in [0, 0.05) is 19.0 Å². The Morgan fingerprint density at radius 1 is 1.20 bits per heavy atom. The van der Waals surface area contributed by atoms with Crippen molar-refractivity contribution in [2.75, 3.05) is 5.32 Å². The number of carbonyl (C=O) groups is 1. The number of amides is 1. The van der Waals surface area contributed by atoms with Gasteiger partial charge >= 0.3 is 0 Å². The van der Waals surface area contributed by atoms with Gasteiger partial charge in [0.2, 0.25) is 23.0 Å². The maximum Gasteiger partial charge on any atom is 0.221 e. The highest BCUT2D eigenvalue weighted by molar-refractivity contribution is 5.90. The predicted molar refractivity (Wildman–Crippen MR) is 104 cm³/mol. The average molecular weight is 403 g/mol. The Morgan fingerprint density at radius 2 is 1.87 bits per heavy atom. The number of benzene rings is 1. The molecule has 2 N–H and O–H groups in total. The fraction of sp³-hybridized carbons (Fsp3) is 0.500. The molecule has 1 saturated carbocycles. The fourth-order valence-corrected chi connectivity index (χ4v) is 5.27. The van der Waals surface area contributed by atoms with Crippen LogP contribution in [0.2, 0.25) is 0 Å². The summed E-state index contributed by atoms with van der Waals surface area (Å²) in [7, 11) is 0. The largest absolute Gasteiger partial charge is 0.447 e. The van der Waals surface area contributed by atoms with Crippen LogP contribution in [0.5, 0.6) is 0 Å². The topological polar surface area (TPSA) is 143 Å². The van der Waals surface area contributed by atoms with E-state index in [1.165, 1.54) is 6.92 Å². The van der Waals surface area contributed by atoms with Gasteiger partial charge in [-0.2, -0.15) is 15.8 Å². The molecule has 1 amide bonds. The Kier molecular flexibility index (Phi) is 4.34. The minimum Gasteiger partial charge on any atom is -0.447 e. The van der Waals surface area contributed by atoms with Crippen molar-refractivity contribution < 1.29 is 14.3 Å².